The first kappa shape index (κ1) is 13.4. The summed E-state index contributed by atoms with van der Waals surface area (Å²) in [7, 11) is 2.05. The predicted molar refractivity (Wildman–Crippen MR) is 81.6 cm³/mol. The molecule has 20 heavy (non-hydrogen) atoms. The molecule has 1 aliphatic carbocycles. The Labute approximate surface area is 121 Å². The Kier molecular flexibility index (Phi) is 3.62. The quantitative estimate of drug-likeness (QED) is 0.927. The summed E-state index contributed by atoms with van der Waals surface area (Å²) in [5.41, 5.74) is 6.98. The van der Waals surface area contributed by atoms with E-state index in [2.05, 4.69) is 42.5 Å². The monoisotopic (exact) mass is 269 g/mol. The SMILES string of the molecule is Cc1cccc(C)c1CNC1CCCc2c1cnn2C. The highest BCUT2D eigenvalue weighted by atomic mass is 15.3. The van der Waals surface area contributed by atoms with Gasteiger partial charge in [-0.25, -0.2) is 0 Å². The molecule has 0 saturated carbocycles. The average Bonchev–Trinajstić information content (AvgIpc) is 2.81. The zero-order chi connectivity index (χ0) is 14.1. The van der Waals surface area contributed by atoms with E-state index in [1.165, 1.54) is 40.8 Å². The minimum absolute atomic E-state index is 0.450. The minimum atomic E-state index is 0.450. The summed E-state index contributed by atoms with van der Waals surface area (Å²) in [6.07, 6.45) is 5.66. The van der Waals surface area contributed by atoms with Crippen LogP contribution in [0, 0.1) is 13.8 Å². The van der Waals surface area contributed by atoms with Gasteiger partial charge in [-0.3, -0.25) is 4.68 Å². The molecule has 0 bridgehead atoms. The average molecular weight is 269 g/mol. The number of benzene rings is 1. The molecule has 1 unspecified atom stereocenters. The lowest BCUT2D eigenvalue weighted by molar-refractivity contribution is 0.451. The van der Waals surface area contributed by atoms with Gasteiger partial charge in [0.2, 0.25) is 0 Å². The van der Waals surface area contributed by atoms with E-state index in [-0.39, 0.29) is 0 Å². The Bertz CT molecular complexity index is 592. The second kappa shape index (κ2) is 5.41. The first-order valence-electron chi connectivity index (χ1n) is 7.46. The molecule has 0 spiro atoms. The highest BCUT2D eigenvalue weighted by molar-refractivity contribution is 5.34. The van der Waals surface area contributed by atoms with E-state index in [9.17, 15) is 0 Å². The van der Waals surface area contributed by atoms with Crippen molar-refractivity contribution in [3.8, 4) is 0 Å². The number of aryl methyl sites for hydroxylation is 3. The molecule has 1 N–H and O–H groups in total. The molecule has 0 saturated heterocycles. The van der Waals surface area contributed by atoms with Gasteiger partial charge in [-0.05, 0) is 49.8 Å². The second-order valence-electron chi connectivity index (χ2n) is 5.87. The molecular weight excluding hydrogens is 246 g/mol. The molecule has 2 aromatic rings. The summed E-state index contributed by atoms with van der Waals surface area (Å²) < 4.78 is 2.03. The maximum Gasteiger partial charge on any atom is 0.0540 e. The van der Waals surface area contributed by atoms with Gasteiger partial charge in [0.25, 0.3) is 0 Å². The number of aromatic nitrogens is 2. The van der Waals surface area contributed by atoms with Gasteiger partial charge in [0.15, 0.2) is 0 Å². The van der Waals surface area contributed by atoms with Gasteiger partial charge < -0.3 is 5.32 Å². The third-order valence-electron chi connectivity index (χ3n) is 4.55. The summed E-state index contributed by atoms with van der Waals surface area (Å²) in [5.74, 6) is 0. The fourth-order valence-electron chi connectivity index (χ4n) is 3.27. The number of rotatable bonds is 3. The molecule has 1 heterocycles. The van der Waals surface area contributed by atoms with E-state index in [0.29, 0.717) is 6.04 Å². The number of nitrogens with one attached hydrogen (secondary N) is 1. The summed E-state index contributed by atoms with van der Waals surface area (Å²) in [6, 6.07) is 6.97. The summed E-state index contributed by atoms with van der Waals surface area (Å²) >= 11 is 0. The van der Waals surface area contributed by atoms with Crippen molar-refractivity contribution < 1.29 is 0 Å². The maximum atomic E-state index is 4.42. The van der Waals surface area contributed by atoms with Crippen molar-refractivity contribution in [1.82, 2.24) is 15.1 Å². The molecule has 3 heteroatoms. The fourth-order valence-corrected chi connectivity index (χ4v) is 3.27. The Hall–Kier alpha value is -1.61. The van der Waals surface area contributed by atoms with Gasteiger partial charge >= 0.3 is 0 Å². The van der Waals surface area contributed by atoms with Crippen molar-refractivity contribution >= 4 is 0 Å². The Morgan fingerprint density at radius 3 is 2.80 bits per heavy atom. The van der Waals surface area contributed by atoms with Crippen LogP contribution in [0.1, 0.15) is 46.8 Å². The number of hydrogen-bond donors (Lipinski definition) is 1. The number of fused-ring (bicyclic) bond motifs is 1. The zero-order valence-electron chi connectivity index (χ0n) is 12.6. The lowest BCUT2D eigenvalue weighted by Gasteiger charge is -2.24. The van der Waals surface area contributed by atoms with E-state index in [4.69, 9.17) is 0 Å². The molecule has 0 amide bonds. The van der Waals surface area contributed by atoms with Crippen LogP contribution in [0.2, 0.25) is 0 Å². The highest BCUT2D eigenvalue weighted by Gasteiger charge is 2.23. The molecule has 0 fully saturated rings. The van der Waals surface area contributed by atoms with Crippen LogP contribution in [0.4, 0.5) is 0 Å². The zero-order valence-corrected chi connectivity index (χ0v) is 12.6. The van der Waals surface area contributed by atoms with E-state index < -0.39 is 0 Å². The molecule has 0 aliphatic heterocycles. The van der Waals surface area contributed by atoms with Gasteiger partial charge in [0, 0.05) is 30.9 Å². The molecule has 1 aromatic carbocycles. The van der Waals surface area contributed by atoms with Crippen LogP contribution < -0.4 is 5.32 Å². The second-order valence-corrected chi connectivity index (χ2v) is 5.87. The summed E-state index contributed by atoms with van der Waals surface area (Å²) in [5, 5.41) is 8.15. The number of nitrogens with zero attached hydrogens (tertiary/aromatic N) is 2. The third-order valence-corrected chi connectivity index (χ3v) is 4.55. The summed E-state index contributed by atoms with van der Waals surface area (Å²) in [6.45, 7) is 5.33. The van der Waals surface area contributed by atoms with Crippen molar-refractivity contribution in [2.24, 2.45) is 7.05 Å². The smallest absolute Gasteiger partial charge is 0.0540 e. The molecule has 3 nitrogen and oxygen atoms in total. The van der Waals surface area contributed by atoms with Gasteiger partial charge in [-0.1, -0.05) is 18.2 Å². The first-order chi connectivity index (χ1) is 9.66. The molecule has 1 aliphatic rings. The van der Waals surface area contributed by atoms with Crippen LogP contribution in [0.25, 0.3) is 0 Å². The van der Waals surface area contributed by atoms with Crippen LogP contribution in [0.3, 0.4) is 0 Å². The Morgan fingerprint density at radius 2 is 2.05 bits per heavy atom. The molecular formula is C17H23N3. The lowest BCUT2D eigenvalue weighted by atomic mass is 9.92. The van der Waals surface area contributed by atoms with Crippen LogP contribution in [0.5, 0.6) is 0 Å². The minimum Gasteiger partial charge on any atom is -0.306 e. The largest absolute Gasteiger partial charge is 0.306 e. The maximum absolute atomic E-state index is 4.42. The summed E-state index contributed by atoms with van der Waals surface area (Å²) in [4.78, 5) is 0. The van der Waals surface area contributed by atoms with Crippen molar-refractivity contribution in [2.45, 2.75) is 45.7 Å². The van der Waals surface area contributed by atoms with Gasteiger partial charge in [-0.15, -0.1) is 0 Å². The van der Waals surface area contributed by atoms with Gasteiger partial charge in [0.05, 0.1) is 6.20 Å². The van der Waals surface area contributed by atoms with Gasteiger partial charge in [0.1, 0.15) is 0 Å². The van der Waals surface area contributed by atoms with Crippen molar-refractivity contribution in [2.75, 3.05) is 0 Å². The molecule has 0 radical (unpaired) electrons. The standard InChI is InChI=1S/C17H23N3/c1-12-6-4-7-13(2)14(12)10-18-16-8-5-9-17-15(16)11-19-20(17)3/h4,6-7,11,16,18H,5,8-10H2,1-3H3. The van der Waals surface area contributed by atoms with Gasteiger partial charge in [-0.2, -0.15) is 5.10 Å². The Morgan fingerprint density at radius 1 is 1.30 bits per heavy atom. The molecule has 1 atom stereocenters. The van der Waals surface area contributed by atoms with Crippen molar-refractivity contribution in [1.29, 1.82) is 0 Å². The highest BCUT2D eigenvalue weighted by Crippen LogP contribution is 2.29. The third kappa shape index (κ3) is 2.38. The molecule has 106 valence electrons. The van der Waals surface area contributed by atoms with Crippen molar-refractivity contribution in [3.63, 3.8) is 0 Å². The Balaban J connectivity index is 1.77. The molecule has 3 rings (SSSR count). The van der Waals surface area contributed by atoms with E-state index >= 15 is 0 Å². The van der Waals surface area contributed by atoms with E-state index in [1.54, 1.807) is 0 Å². The van der Waals surface area contributed by atoms with Crippen LogP contribution in [-0.2, 0) is 20.0 Å². The number of hydrogen-bond acceptors (Lipinski definition) is 2. The first-order valence-corrected chi connectivity index (χ1v) is 7.46. The van der Waals surface area contributed by atoms with Crippen LogP contribution >= 0.6 is 0 Å². The van der Waals surface area contributed by atoms with E-state index in [1.807, 2.05) is 17.9 Å². The predicted octanol–water partition coefficient (Wildman–Crippen LogP) is 3.20. The molecule has 1 aromatic heterocycles. The lowest BCUT2D eigenvalue weighted by Crippen LogP contribution is -2.25. The van der Waals surface area contributed by atoms with E-state index in [0.717, 1.165) is 13.0 Å². The normalized spacial score (nSPS) is 18.1. The fraction of sp³-hybridized carbons (Fsp3) is 0.471. The topological polar surface area (TPSA) is 29.9 Å². The van der Waals surface area contributed by atoms with Crippen LogP contribution in [-0.4, -0.2) is 9.78 Å². The van der Waals surface area contributed by atoms with Crippen LogP contribution in [0.15, 0.2) is 24.4 Å². The van der Waals surface area contributed by atoms with Crippen molar-refractivity contribution in [3.05, 3.63) is 52.3 Å².